The van der Waals surface area contributed by atoms with Crippen molar-refractivity contribution >= 4 is 11.9 Å². The summed E-state index contributed by atoms with van der Waals surface area (Å²) >= 11 is 0. The number of carbonyl (C=O) groups excluding carboxylic acids is 1. The highest BCUT2D eigenvalue weighted by atomic mass is 16.4. The molecule has 0 saturated carbocycles. The van der Waals surface area contributed by atoms with Crippen LogP contribution in [0.5, 0.6) is 0 Å². The molecule has 1 amide bonds. The van der Waals surface area contributed by atoms with Gasteiger partial charge in [-0.1, -0.05) is 20.8 Å². The number of carboxylic acid groups (broad SMARTS) is 1. The van der Waals surface area contributed by atoms with Crippen molar-refractivity contribution in [3.05, 3.63) is 17.0 Å². The molecule has 1 aromatic heterocycles. The fourth-order valence-corrected chi connectivity index (χ4v) is 1.86. The van der Waals surface area contributed by atoms with E-state index >= 15 is 0 Å². The van der Waals surface area contributed by atoms with Crippen LogP contribution in [-0.2, 0) is 4.79 Å². The third-order valence-electron chi connectivity index (χ3n) is 3.08. The lowest BCUT2D eigenvalue weighted by Gasteiger charge is -2.30. The predicted octanol–water partition coefficient (Wildman–Crippen LogP) is 1.65. The average molecular weight is 267 g/mol. The van der Waals surface area contributed by atoms with E-state index in [0.717, 1.165) is 0 Å². The van der Waals surface area contributed by atoms with Crippen molar-refractivity contribution in [3.63, 3.8) is 0 Å². The van der Waals surface area contributed by atoms with Gasteiger partial charge in [0.2, 0.25) is 0 Å². The van der Waals surface area contributed by atoms with Crippen LogP contribution in [0, 0.1) is 19.3 Å². The van der Waals surface area contributed by atoms with Gasteiger partial charge in [-0.2, -0.15) is 5.10 Å². The van der Waals surface area contributed by atoms with Gasteiger partial charge in [-0.3, -0.25) is 14.7 Å². The predicted molar refractivity (Wildman–Crippen MR) is 71.0 cm³/mol. The van der Waals surface area contributed by atoms with E-state index in [4.69, 9.17) is 5.11 Å². The van der Waals surface area contributed by atoms with Crippen LogP contribution in [0.25, 0.3) is 0 Å². The maximum absolute atomic E-state index is 12.2. The molecule has 19 heavy (non-hydrogen) atoms. The number of aliphatic carboxylic acids is 1. The van der Waals surface area contributed by atoms with Gasteiger partial charge in [-0.15, -0.1) is 0 Å². The van der Waals surface area contributed by atoms with E-state index in [1.807, 2.05) is 20.8 Å². The average Bonchev–Trinajstić information content (AvgIpc) is 2.55. The van der Waals surface area contributed by atoms with Crippen LogP contribution in [-0.4, -0.2) is 33.2 Å². The van der Waals surface area contributed by atoms with Crippen molar-refractivity contribution in [1.82, 2.24) is 15.5 Å². The van der Waals surface area contributed by atoms with Gasteiger partial charge in [0.1, 0.15) is 0 Å². The molecule has 0 spiro atoms. The second-order valence-corrected chi connectivity index (χ2v) is 5.80. The number of aromatic amines is 1. The quantitative estimate of drug-likeness (QED) is 0.773. The Morgan fingerprint density at radius 3 is 2.32 bits per heavy atom. The molecule has 1 aromatic rings. The van der Waals surface area contributed by atoms with Crippen molar-refractivity contribution < 1.29 is 14.7 Å². The zero-order valence-corrected chi connectivity index (χ0v) is 12.0. The third kappa shape index (κ3) is 3.81. The van der Waals surface area contributed by atoms with E-state index in [9.17, 15) is 9.59 Å². The maximum Gasteiger partial charge on any atom is 0.305 e. The molecule has 0 aromatic carbocycles. The standard InChI is InChI=1S/C13H21N3O3/c1-7-11(8(2)16-15-7)12(19)14-9(6-10(17)18)13(3,4)5/h9H,6H2,1-5H3,(H,14,19)(H,15,16)(H,17,18). The molecule has 0 aliphatic carbocycles. The van der Waals surface area contributed by atoms with E-state index in [2.05, 4.69) is 15.5 Å². The monoisotopic (exact) mass is 267 g/mol. The van der Waals surface area contributed by atoms with Gasteiger partial charge in [0, 0.05) is 11.7 Å². The first-order valence-corrected chi connectivity index (χ1v) is 6.17. The first-order chi connectivity index (χ1) is 8.62. The Morgan fingerprint density at radius 2 is 1.95 bits per heavy atom. The van der Waals surface area contributed by atoms with Crippen LogP contribution in [0.2, 0.25) is 0 Å². The second kappa shape index (κ2) is 5.42. The first kappa shape index (κ1) is 15.2. The first-order valence-electron chi connectivity index (χ1n) is 6.17. The summed E-state index contributed by atoms with van der Waals surface area (Å²) in [4.78, 5) is 23.1. The molecule has 0 bridgehead atoms. The number of hydrogen-bond acceptors (Lipinski definition) is 3. The highest BCUT2D eigenvalue weighted by Crippen LogP contribution is 2.22. The van der Waals surface area contributed by atoms with Gasteiger partial charge >= 0.3 is 5.97 Å². The van der Waals surface area contributed by atoms with Crippen LogP contribution in [0.15, 0.2) is 0 Å². The number of aromatic nitrogens is 2. The second-order valence-electron chi connectivity index (χ2n) is 5.80. The summed E-state index contributed by atoms with van der Waals surface area (Å²) in [6, 6.07) is -0.439. The lowest BCUT2D eigenvalue weighted by Crippen LogP contribution is -2.45. The van der Waals surface area contributed by atoms with Crippen molar-refractivity contribution in [2.75, 3.05) is 0 Å². The molecule has 1 rings (SSSR count). The van der Waals surface area contributed by atoms with Gasteiger partial charge in [0.25, 0.3) is 5.91 Å². The zero-order valence-electron chi connectivity index (χ0n) is 12.0. The van der Waals surface area contributed by atoms with Gasteiger partial charge < -0.3 is 10.4 Å². The molecule has 3 N–H and O–H groups in total. The molecule has 1 unspecified atom stereocenters. The Bertz CT molecular complexity index is 466. The normalized spacial score (nSPS) is 13.1. The molecule has 106 valence electrons. The Hall–Kier alpha value is -1.85. The van der Waals surface area contributed by atoms with Crippen molar-refractivity contribution in [1.29, 1.82) is 0 Å². The summed E-state index contributed by atoms with van der Waals surface area (Å²) in [6.07, 6.45) is -0.106. The molecule has 0 radical (unpaired) electrons. The summed E-state index contributed by atoms with van der Waals surface area (Å²) in [7, 11) is 0. The summed E-state index contributed by atoms with van der Waals surface area (Å²) in [5.41, 5.74) is 1.44. The number of carboxylic acids is 1. The number of hydrogen-bond donors (Lipinski definition) is 3. The number of nitrogens with one attached hydrogen (secondary N) is 2. The Balaban J connectivity index is 2.91. The smallest absolute Gasteiger partial charge is 0.305 e. The number of aryl methyl sites for hydroxylation is 2. The fourth-order valence-electron chi connectivity index (χ4n) is 1.86. The van der Waals surface area contributed by atoms with Crippen LogP contribution in [0.4, 0.5) is 0 Å². The lowest BCUT2D eigenvalue weighted by molar-refractivity contribution is -0.138. The zero-order chi connectivity index (χ0) is 14.8. The van der Waals surface area contributed by atoms with Crippen molar-refractivity contribution in [2.24, 2.45) is 5.41 Å². The Labute approximate surface area is 112 Å². The molecule has 0 saturated heterocycles. The molecule has 0 aliphatic rings. The molecular formula is C13H21N3O3. The summed E-state index contributed by atoms with van der Waals surface area (Å²) in [6.45, 7) is 9.20. The molecular weight excluding hydrogens is 246 g/mol. The van der Waals surface area contributed by atoms with Crippen LogP contribution >= 0.6 is 0 Å². The highest BCUT2D eigenvalue weighted by Gasteiger charge is 2.29. The Kier molecular flexibility index (Phi) is 4.34. The van der Waals surface area contributed by atoms with E-state index in [1.54, 1.807) is 13.8 Å². The minimum atomic E-state index is -0.930. The minimum Gasteiger partial charge on any atom is -0.481 e. The molecule has 0 aliphatic heterocycles. The number of carbonyl (C=O) groups is 2. The molecule has 0 fully saturated rings. The summed E-state index contributed by atoms with van der Waals surface area (Å²) < 4.78 is 0. The topological polar surface area (TPSA) is 95.1 Å². The van der Waals surface area contributed by atoms with Crippen LogP contribution in [0.3, 0.4) is 0 Å². The minimum absolute atomic E-state index is 0.106. The SMILES string of the molecule is Cc1n[nH]c(C)c1C(=O)NC(CC(=O)O)C(C)(C)C. The summed E-state index contributed by atoms with van der Waals surface area (Å²) in [5.74, 6) is -1.22. The summed E-state index contributed by atoms with van der Waals surface area (Å²) in [5, 5.41) is 18.4. The number of rotatable bonds is 4. The van der Waals surface area contributed by atoms with Crippen LogP contribution < -0.4 is 5.32 Å². The van der Waals surface area contributed by atoms with Crippen molar-refractivity contribution in [3.8, 4) is 0 Å². The number of nitrogens with zero attached hydrogens (tertiary/aromatic N) is 1. The fraction of sp³-hybridized carbons (Fsp3) is 0.615. The highest BCUT2D eigenvalue weighted by molar-refractivity contribution is 5.96. The third-order valence-corrected chi connectivity index (χ3v) is 3.08. The molecule has 1 heterocycles. The van der Waals surface area contributed by atoms with E-state index in [-0.39, 0.29) is 17.7 Å². The van der Waals surface area contributed by atoms with E-state index in [0.29, 0.717) is 17.0 Å². The maximum atomic E-state index is 12.2. The van der Waals surface area contributed by atoms with Crippen molar-refractivity contribution in [2.45, 2.75) is 47.1 Å². The van der Waals surface area contributed by atoms with Crippen LogP contribution in [0.1, 0.15) is 48.9 Å². The molecule has 6 heteroatoms. The van der Waals surface area contributed by atoms with Gasteiger partial charge in [-0.25, -0.2) is 0 Å². The number of amides is 1. The molecule has 6 nitrogen and oxygen atoms in total. The van der Waals surface area contributed by atoms with E-state index in [1.165, 1.54) is 0 Å². The van der Waals surface area contributed by atoms with Gasteiger partial charge in [0.15, 0.2) is 0 Å². The van der Waals surface area contributed by atoms with E-state index < -0.39 is 12.0 Å². The number of H-pyrrole nitrogens is 1. The lowest BCUT2D eigenvalue weighted by atomic mass is 9.84. The van der Waals surface area contributed by atoms with Gasteiger partial charge in [0.05, 0.1) is 17.7 Å². The van der Waals surface area contributed by atoms with Gasteiger partial charge in [-0.05, 0) is 19.3 Å². The molecule has 1 atom stereocenters. The Morgan fingerprint density at radius 1 is 1.37 bits per heavy atom. The largest absolute Gasteiger partial charge is 0.481 e.